The molecule has 7 nitrogen and oxygen atoms in total. The van der Waals surface area contributed by atoms with Crippen LogP contribution in [-0.2, 0) is 16.5 Å². The lowest BCUT2D eigenvalue weighted by molar-refractivity contribution is 0.0458. The summed E-state index contributed by atoms with van der Waals surface area (Å²) in [5.74, 6) is -0.333. The Morgan fingerprint density at radius 3 is 2.83 bits per heavy atom. The van der Waals surface area contributed by atoms with Crippen molar-refractivity contribution in [3.8, 4) is 11.3 Å². The molecule has 30 heavy (non-hydrogen) atoms. The molecule has 0 unspecified atom stereocenters. The summed E-state index contributed by atoms with van der Waals surface area (Å²) < 4.78 is 12.2. The molecule has 1 N–H and O–H groups in total. The van der Waals surface area contributed by atoms with E-state index < -0.39 is 0 Å². The van der Waals surface area contributed by atoms with Crippen LogP contribution in [0.15, 0.2) is 48.8 Å². The lowest BCUT2D eigenvalue weighted by Crippen LogP contribution is -2.11. The first kappa shape index (κ1) is 19.8. The fraction of sp³-hybridized carbons (Fsp3) is 0.261. The van der Waals surface area contributed by atoms with E-state index in [2.05, 4.69) is 10.3 Å². The van der Waals surface area contributed by atoms with E-state index in [9.17, 15) is 4.79 Å². The maximum absolute atomic E-state index is 12.5. The normalized spacial score (nSPS) is 11.2. The molecule has 3 heterocycles. The number of benzene rings is 1. The number of esters is 1. The topological polar surface area (TPSA) is 78.3 Å². The van der Waals surface area contributed by atoms with Gasteiger partial charge >= 0.3 is 5.97 Å². The molecule has 1 aromatic carbocycles. The summed E-state index contributed by atoms with van der Waals surface area (Å²) in [7, 11) is 5.38. The molecule has 3 aromatic heterocycles. The zero-order chi connectivity index (χ0) is 21.1. The Balaban J connectivity index is 1.69. The molecule has 0 amide bonds. The van der Waals surface area contributed by atoms with Crippen molar-refractivity contribution < 1.29 is 14.3 Å². The molecule has 0 saturated carbocycles. The van der Waals surface area contributed by atoms with Gasteiger partial charge in [0.25, 0.3) is 0 Å². The van der Waals surface area contributed by atoms with Gasteiger partial charge in [-0.1, -0.05) is 6.07 Å². The summed E-state index contributed by atoms with van der Waals surface area (Å²) in [4.78, 5) is 21.5. The van der Waals surface area contributed by atoms with E-state index >= 15 is 0 Å². The van der Waals surface area contributed by atoms with Crippen LogP contribution in [0, 0.1) is 0 Å². The fourth-order valence-electron chi connectivity index (χ4n) is 3.57. The lowest BCUT2D eigenvalue weighted by atomic mass is 10.1. The number of pyridine rings is 2. The van der Waals surface area contributed by atoms with Gasteiger partial charge in [0.1, 0.15) is 5.69 Å². The SMILES string of the molecule is CNc1cc(-c2ccc3c(c2)cc(C(=O)OCCCOC)n3C)nc2ccncc12. The van der Waals surface area contributed by atoms with Crippen LogP contribution in [0.25, 0.3) is 33.1 Å². The van der Waals surface area contributed by atoms with Crippen molar-refractivity contribution in [2.24, 2.45) is 7.05 Å². The standard InChI is InChI=1S/C23H24N4O3/c1-24-20-13-19(26-18-7-8-25-14-17(18)20)15-5-6-21-16(11-15)12-22(27(21)2)23(28)30-10-4-9-29-3/h5-8,11-14H,4,9-10H2,1-3H3,(H,24,26). The van der Waals surface area contributed by atoms with E-state index in [1.807, 2.05) is 61.3 Å². The third-order valence-electron chi connectivity index (χ3n) is 5.15. The van der Waals surface area contributed by atoms with Gasteiger partial charge in [0.2, 0.25) is 0 Å². The van der Waals surface area contributed by atoms with E-state index in [0.29, 0.717) is 25.3 Å². The predicted octanol–water partition coefficient (Wildman–Crippen LogP) is 4.02. The number of rotatable bonds is 7. The number of aromatic nitrogens is 3. The molecule has 0 aliphatic heterocycles. The van der Waals surface area contributed by atoms with Crippen LogP contribution in [0.2, 0.25) is 0 Å². The highest BCUT2D eigenvalue weighted by atomic mass is 16.5. The first-order valence-corrected chi connectivity index (χ1v) is 9.81. The second kappa shape index (κ2) is 8.51. The highest BCUT2D eigenvalue weighted by molar-refractivity contribution is 5.98. The smallest absolute Gasteiger partial charge is 0.354 e. The summed E-state index contributed by atoms with van der Waals surface area (Å²) >= 11 is 0. The van der Waals surface area contributed by atoms with Crippen LogP contribution in [0.4, 0.5) is 5.69 Å². The van der Waals surface area contributed by atoms with Crippen LogP contribution in [-0.4, -0.2) is 47.9 Å². The quantitative estimate of drug-likeness (QED) is 0.370. The Bertz CT molecular complexity index is 1220. The van der Waals surface area contributed by atoms with Crippen LogP contribution in [0.3, 0.4) is 0 Å². The van der Waals surface area contributed by atoms with Crippen LogP contribution >= 0.6 is 0 Å². The molecule has 0 fully saturated rings. The highest BCUT2D eigenvalue weighted by Gasteiger charge is 2.16. The van der Waals surface area contributed by atoms with Crippen LogP contribution in [0.1, 0.15) is 16.9 Å². The molecule has 7 heteroatoms. The van der Waals surface area contributed by atoms with Crippen LogP contribution in [0.5, 0.6) is 0 Å². The van der Waals surface area contributed by atoms with Gasteiger partial charge in [-0.25, -0.2) is 9.78 Å². The first-order chi connectivity index (χ1) is 14.6. The molecule has 0 radical (unpaired) electrons. The third-order valence-corrected chi connectivity index (χ3v) is 5.15. The van der Waals surface area contributed by atoms with Gasteiger partial charge in [-0.3, -0.25) is 4.98 Å². The predicted molar refractivity (Wildman–Crippen MR) is 118 cm³/mol. The van der Waals surface area contributed by atoms with Crippen LogP contribution < -0.4 is 5.32 Å². The molecular weight excluding hydrogens is 380 g/mol. The molecule has 4 rings (SSSR count). The summed E-state index contributed by atoms with van der Waals surface area (Å²) in [6.07, 6.45) is 4.22. The van der Waals surface area contributed by atoms with Crippen molar-refractivity contribution in [2.75, 3.05) is 32.7 Å². The Morgan fingerprint density at radius 1 is 1.17 bits per heavy atom. The summed E-state index contributed by atoms with van der Waals surface area (Å²) in [5.41, 5.74) is 5.15. The largest absolute Gasteiger partial charge is 0.461 e. The van der Waals surface area contributed by atoms with Gasteiger partial charge in [0, 0.05) is 74.2 Å². The van der Waals surface area contributed by atoms with E-state index in [0.717, 1.165) is 38.8 Å². The number of carbonyl (C=O) groups excluding carboxylic acids is 1. The van der Waals surface area contributed by atoms with Gasteiger partial charge in [0.15, 0.2) is 0 Å². The number of hydrogen-bond donors (Lipinski definition) is 1. The summed E-state index contributed by atoms with van der Waals surface area (Å²) in [6.45, 7) is 0.900. The van der Waals surface area contributed by atoms with Gasteiger partial charge in [-0.05, 0) is 30.3 Å². The summed E-state index contributed by atoms with van der Waals surface area (Å²) in [6, 6.07) is 11.8. The number of carbonyl (C=O) groups is 1. The molecule has 0 spiro atoms. The second-order valence-corrected chi connectivity index (χ2v) is 7.04. The van der Waals surface area contributed by atoms with Gasteiger partial charge < -0.3 is 19.4 Å². The Hall–Kier alpha value is -3.45. The van der Waals surface area contributed by atoms with Crippen molar-refractivity contribution in [3.63, 3.8) is 0 Å². The fourth-order valence-corrected chi connectivity index (χ4v) is 3.57. The maximum Gasteiger partial charge on any atom is 0.354 e. The molecule has 0 aliphatic rings. The number of anilines is 1. The number of aryl methyl sites for hydroxylation is 1. The van der Waals surface area contributed by atoms with Gasteiger partial charge in [0.05, 0.1) is 17.8 Å². The van der Waals surface area contributed by atoms with E-state index in [-0.39, 0.29) is 5.97 Å². The second-order valence-electron chi connectivity index (χ2n) is 7.04. The average molecular weight is 404 g/mol. The Kier molecular flexibility index (Phi) is 5.63. The number of nitrogens with one attached hydrogen (secondary N) is 1. The maximum atomic E-state index is 12.5. The third kappa shape index (κ3) is 3.71. The molecule has 4 aromatic rings. The highest BCUT2D eigenvalue weighted by Crippen LogP contribution is 2.30. The molecule has 0 aliphatic carbocycles. The minimum Gasteiger partial charge on any atom is -0.461 e. The minimum atomic E-state index is -0.333. The lowest BCUT2D eigenvalue weighted by Gasteiger charge is -2.09. The number of ether oxygens (including phenoxy) is 2. The molecule has 0 saturated heterocycles. The van der Waals surface area contributed by atoms with Gasteiger partial charge in [-0.2, -0.15) is 0 Å². The Labute approximate surface area is 174 Å². The minimum absolute atomic E-state index is 0.333. The molecule has 0 atom stereocenters. The van der Waals surface area contributed by atoms with E-state index in [1.165, 1.54) is 0 Å². The van der Waals surface area contributed by atoms with Crippen molar-refractivity contribution in [3.05, 3.63) is 54.5 Å². The number of nitrogens with zero attached hydrogens (tertiary/aromatic N) is 3. The monoisotopic (exact) mass is 404 g/mol. The zero-order valence-corrected chi connectivity index (χ0v) is 17.3. The van der Waals surface area contributed by atoms with Gasteiger partial charge in [-0.15, -0.1) is 0 Å². The van der Waals surface area contributed by atoms with E-state index in [1.54, 1.807) is 13.3 Å². The van der Waals surface area contributed by atoms with E-state index in [4.69, 9.17) is 14.5 Å². The first-order valence-electron chi connectivity index (χ1n) is 9.81. The number of methoxy groups -OCH3 is 1. The van der Waals surface area contributed by atoms with Crippen molar-refractivity contribution in [1.82, 2.24) is 14.5 Å². The van der Waals surface area contributed by atoms with Crippen molar-refractivity contribution in [1.29, 1.82) is 0 Å². The summed E-state index contributed by atoms with van der Waals surface area (Å²) in [5, 5.41) is 5.15. The van der Waals surface area contributed by atoms with Crippen molar-refractivity contribution >= 4 is 33.5 Å². The Morgan fingerprint density at radius 2 is 2.03 bits per heavy atom. The number of hydrogen-bond acceptors (Lipinski definition) is 6. The molecule has 0 bridgehead atoms. The average Bonchev–Trinajstić information content (AvgIpc) is 3.11. The zero-order valence-electron chi connectivity index (χ0n) is 17.3. The molecular formula is C23H24N4O3. The van der Waals surface area contributed by atoms with Crippen molar-refractivity contribution in [2.45, 2.75) is 6.42 Å². The number of fused-ring (bicyclic) bond motifs is 2. The molecule has 154 valence electrons.